The molecule has 2 aromatic rings. The van der Waals surface area contributed by atoms with Gasteiger partial charge in [-0.05, 0) is 57.7 Å². The first-order valence-corrected chi connectivity index (χ1v) is 9.90. The first-order chi connectivity index (χ1) is 14.2. The summed E-state index contributed by atoms with van der Waals surface area (Å²) in [5.41, 5.74) is 2.22. The third-order valence-corrected chi connectivity index (χ3v) is 4.91. The summed E-state index contributed by atoms with van der Waals surface area (Å²) in [4.78, 5) is 25.5. The molecule has 0 amide bonds. The van der Waals surface area contributed by atoms with E-state index >= 15 is 0 Å². The summed E-state index contributed by atoms with van der Waals surface area (Å²) >= 11 is 0. The Morgan fingerprint density at radius 3 is 2.40 bits per heavy atom. The highest BCUT2D eigenvalue weighted by Crippen LogP contribution is 2.26. The summed E-state index contributed by atoms with van der Waals surface area (Å²) in [6, 6.07) is 5.78. The minimum atomic E-state index is -0.619. The molecule has 0 saturated carbocycles. The standard InChI is InChI=1S/C23H28N2O5/c1-6-29-9-7-8-25-22(27)18(12-24)17(5)20(23(25)28)19(26)13-30-21-15(3)10-14(2)11-16(21)4/h10-11,28H,6-9,13H2,1-5H3. The predicted octanol–water partition coefficient (Wildman–Crippen LogP) is 3.35. The van der Waals surface area contributed by atoms with Crippen LogP contribution in [0.15, 0.2) is 16.9 Å². The van der Waals surface area contributed by atoms with Crippen LogP contribution in [0.5, 0.6) is 11.6 Å². The van der Waals surface area contributed by atoms with E-state index in [0.717, 1.165) is 21.3 Å². The number of Topliss-reactive ketones (excluding diaryl/α,β-unsaturated/α-hetero) is 1. The number of nitriles is 1. The number of rotatable bonds is 9. The van der Waals surface area contributed by atoms with E-state index in [4.69, 9.17) is 9.47 Å². The van der Waals surface area contributed by atoms with Crippen molar-refractivity contribution in [2.45, 2.75) is 47.6 Å². The molecular weight excluding hydrogens is 384 g/mol. The van der Waals surface area contributed by atoms with E-state index in [1.165, 1.54) is 6.92 Å². The summed E-state index contributed by atoms with van der Waals surface area (Å²) in [5.74, 6) is -0.338. The van der Waals surface area contributed by atoms with Gasteiger partial charge in [-0.15, -0.1) is 0 Å². The smallest absolute Gasteiger partial charge is 0.271 e. The number of nitrogens with zero attached hydrogens (tertiary/aromatic N) is 2. The SMILES string of the molecule is CCOCCCn1c(O)c(C(=O)COc2c(C)cc(C)cc2C)c(C)c(C#N)c1=O. The maximum absolute atomic E-state index is 12.9. The average Bonchev–Trinajstić information content (AvgIpc) is 2.66. The van der Waals surface area contributed by atoms with Gasteiger partial charge >= 0.3 is 0 Å². The van der Waals surface area contributed by atoms with Crippen molar-refractivity contribution in [2.24, 2.45) is 0 Å². The number of hydrogen-bond donors (Lipinski definition) is 1. The average molecular weight is 412 g/mol. The highest BCUT2D eigenvalue weighted by molar-refractivity contribution is 6.01. The molecule has 0 fully saturated rings. The minimum absolute atomic E-state index is 0.0648. The van der Waals surface area contributed by atoms with Crippen molar-refractivity contribution >= 4 is 5.78 Å². The molecule has 0 aliphatic carbocycles. The van der Waals surface area contributed by atoms with Gasteiger partial charge in [-0.25, -0.2) is 0 Å². The maximum Gasteiger partial charge on any atom is 0.271 e. The molecule has 1 aromatic carbocycles. The number of carbonyl (C=O) groups excluding carboxylic acids is 1. The van der Waals surface area contributed by atoms with Crippen molar-refractivity contribution < 1.29 is 19.4 Å². The Morgan fingerprint density at radius 2 is 1.83 bits per heavy atom. The van der Waals surface area contributed by atoms with E-state index in [9.17, 15) is 20.0 Å². The number of aromatic hydroxyl groups is 1. The molecule has 1 aromatic heterocycles. The van der Waals surface area contributed by atoms with E-state index < -0.39 is 17.2 Å². The zero-order valence-electron chi connectivity index (χ0n) is 18.2. The van der Waals surface area contributed by atoms with Gasteiger partial charge in [0.2, 0.25) is 11.7 Å². The Balaban J connectivity index is 2.37. The highest BCUT2D eigenvalue weighted by Gasteiger charge is 2.24. The third kappa shape index (κ3) is 4.89. The summed E-state index contributed by atoms with van der Waals surface area (Å²) in [5, 5.41) is 20.1. The Hall–Kier alpha value is -3.11. The van der Waals surface area contributed by atoms with Crippen molar-refractivity contribution in [1.82, 2.24) is 4.57 Å². The van der Waals surface area contributed by atoms with Crippen LogP contribution in [0.3, 0.4) is 0 Å². The molecule has 30 heavy (non-hydrogen) atoms. The number of ether oxygens (including phenoxy) is 2. The van der Waals surface area contributed by atoms with Gasteiger partial charge in [0.1, 0.15) is 17.4 Å². The van der Waals surface area contributed by atoms with Gasteiger partial charge in [0.25, 0.3) is 5.56 Å². The molecule has 2 rings (SSSR count). The van der Waals surface area contributed by atoms with Crippen molar-refractivity contribution in [3.05, 3.63) is 55.9 Å². The van der Waals surface area contributed by atoms with E-state index in [2.05, 4.69) is 0 Å². The summed E-state index contributed by atoms with van der Waals surface area (Å²) in [7, 11) is 0. The number of benzene rings is 1. The van der Waals surface area contributed by atoms with Gasteiger partial charge in [0.15, 0.2) is 6.61 Å². The van der Waals surface area contributed by atoms with Crippen LogP contribution < -0.4 is 10.3 Å². The topological polar surface area (TPSA) is 102 Å². The van der Waals surface area contributed by atoms with E-state index in [1.54, 1.807) is 0 Å². The first kappa shape index (κ1) is 23.2. The molecule has 7 heteroatoms. The number of pyridine rings is 1. The summed E-state index contributed by atoms with van der Waals surface area (Å²) in [6.45, 7) is 9.88. The second kappa shape index (κ2) is 10.1. The molecule has 0 atom stereocenters. The van der Waals surface area contributed by atoms with Crippen LogP contribution in [0.2, 0.25) is 0 Å². The molecule has 7 nitrogen and oxygen atoms in total. The Labute approximate surface area is 176 Å². The van der Waals surface area contributed by atoms with Gasteiger partial charge < -0.3 is 14.6 Å². The van der Waals surface area contributed by atoms with Crippen LogP contribution in [-0.2, 0) is 11.3 Å². The largest absolute Gasteiger partial charge is 0.494 e. The first-order valence-electron chi connectivity index (χ1n) is 9.90. The predicted molar refractivity (Wildman–Crippen MR) is 113 cm³/mol. The van der Waals surface area contributed by atoms with Crippen molar-refractivity contribution in [3.63, 3.8) is 0 Å². The molecule has 0 spiro atoms. The third-order valence-electron chi connectivity index (χ3n) is 4.91. The number of aryl methyl sites for hydroxylation is 3. The van der Waals surface area contributed by atoms with E-state index in [1.807, 2.05) is 45.9 Å². The lowest BCUT2D eigenvalue weighted by Crippen LogP contribution is -2.28. The normalized spacial score (nSPS) is 10.7. The van der Waals surface area contributed by atoms with Crippen molar-refractivity contribution in [3.8, 4) is 17.7 Å². The van der Waals surface area contributed by atoms with Gasteiger partial charge in [0, 0.05) is 19.8 Å². The van der Waals surface area contributed by atoms with Crippen LogP contribution in [0, 0.1) is 39.0 Å². The minimum Gasteiger partial charge on any atom is -0.494 e. The number of hydrogen-bond acceptors (Lipinski definition) is 6. The van der Waals surface area contributed by atoms with Crippen LogP contribution in [-0.4, -0.2) is 35.3 Å². The molecule has 0 bridgehead atoms. The van der Waals surface area contributed by atoms with Gasteiger partial charge in [0.05, 0.1) is 5.56 Å². The van der Waals surface area contributed by atoms with Crippen LogP contribution in [0.25, 0.3) is 0 Å². The lowest BCUT2D eigenvalue weighted by atomic mass is 10.0. The molecule has 0 aliphatic heterocycles. The second-order valence-corrected chi connectivity index (χ2v) is 7.26. The number of aromatic nitrogens is 1. The molecule has 0 radical (unpaired) electrons. The van der Waals surface area contributed by atoms with Gasteiger partial charge in [-0.2, -0.15) is 5.26 Å². The molecule has 0 unspecified atom stereocenters. The maximum atomic E-state index is 12.9. The number of carbonyl (C=O) groups is 1. The fourth-order valence-electron chi connectivity index (χ4n) is 3.57. The molecule has 1 N–H and O–H groups in total. The van der Waals surface area contributed by atoms with Crippen LogP contribution >= 0.6 is 0 Å². The van der Waals surface area contributed by atoms with Crippen LogP contribution in [0.4, 0.5) is 0 Å². The highest BCUT2D eigenvalue weighted by atomic mass is 16.5. The monoisotopic (exact) mass is 412 g/mol. The zero-order valence-corrected chi connectivity index (χ0v) is 18.2. The molecule has 0 saturated heterocycles. The van der Waals surface area contributed by atoms with Gasteiger partial charge in [-0.3, -0.25) is 14.2 Å². The summed E-state index contributed by atoms with van der Waals surface area (Å²) in [6.07, 6.45) is 0.459. The van der Waals surface area contributed by atoms with Gasteiger partial charge in [-0.1, -0.05) is 17.7 Å². The molecule has 0 aliphatic rings. The van der Waals surface area contributed by atoms with Crippen molar-refractivity contribution in [2.75, 3.05) is 19.8 Å². The van der Waals surface area contributed by atoms with Crippen molar-refractivity contribution in [1.29, 1.82) is 5.26 Å². The Bertz CT molecular complexity index is 1020. The van der Waals surface area contributed by atoms with Crippen LogP contribution in [0.1, 0.15) is 51.5 Å². The second-order valence-electron chi connectivity index (χ2n) is 7.26. The van der Waals surface area contributed by atoms with E-state index in [0.29, 0.717) is 25.4 Å². The molecule has 160 valence electrons. The number of ketones is 1. The quantitative estimate of drug-likeness (QED) is 0.501. The lowest BCUT2D eigenvalue weighted by molar-refractivity contribution is 0.0915. The molecular formula is C23H28N2O5. The fraction of sp³-hybridized carbons (Fsp3) is 0.435. The fourth-order valence-corrected chi connectivity index (χ4v) is 3.57. The van der Waals surface area contributed by atoms with E-state index in [-0.39, 0.29) is 29.8 Å². The Kier molecular flexibility index (Phi) is 7.79. The summed E-state index contributed by atoms with van der Waals surface area (Å²) < 4.78 is 12.1. The molecule has 1 heterocycles. The zero-order chi connectivity index (χ0) is 22.4. The lowest BCUT2D eigenvalue weighted by Gasteiger charge is -2.17. The Morgan fingerprint density at radius 1 is 1.20 bits per heavy atom.